The highest BCUT2D eigenvalue weighted by molar-refractivity contribution is 9.10. The largest absolute Gasteiger partial charge is 0.317 e. The SMILES string of the molecule is Cn1cc(Br)c(C(=O)N2CCCn3nnnc32)cc1=O. The van der Waals surface area contributed by atoms with Crippen molar-refractivity contribution in [3.8, 4) is 0 Å². The van der Waals surface area contributed by atoms with E-state index < -0.39 is 0 Å². The van der Waals surface area contributed by atoms with E-state index >= 15 is 0 Å². The molecule has 0 aromatic carbocycles. The third kappa shape index (κ3) is 2.03. The minimum atomic E-state index is -0.287. The fourth-order valence-electron chi connectivity index (χ4n) is 2.12. The highest BCUT2D eigenvalue weighted by Crippen LogP contribution is 2.22. The van der Waals surface area contributed by atoms with Crippen LogP contribution in [-0.4, -0.2) is 37.2 Å². The summed E-state index contributed by atoms with van der Waals surface area (Å²) >= 11 is 3.31. The highest BCUT2D eigenvalue weighted by atomic mass is 79.9. The number of carbonyl (C=O) groups is 1. The maximum Gasteiger partial charge on any atom is 0.262 e. The normalized spacial score (nSPS) is 14.2. The van der Waals surface area contributed by atoms with Gasteiger partial charge in [0.1, 0.15) is 0 Å². The smallest absolute Gasteiger partial charge is 0.262 e. The third-order valence-corrected chi connectivity index (χ3v) is 3.79. The van der Waals surface area contributed by atoms with Gasteiger partial charge in [0.2, 0.25) is 0 Å². The minimum Gasteiger partial charge on any atom is -0.317 e. The highest BCUT2D eigenvalue weighted by Gasteiger charge is 2.28. The van der Waals surface area contributed by atoms with Crippen molar-refractivity contribution in [3.63, 3.8) is 0 Å². The Morgan fingerprint density at radius 3 is 3.00 bits per heavy atom. The molecule has 1 amide bonds. The first-order valence-electron chi connectivity index (χ1n) is 6.02. The van der Waals surface area contributed by atoms with Crippen LogP contribution in [0.5, 0.6) is 0 Å². The number of amides is 1. The molecule has 3 rings (SSSR count). The third-order valence-electron chi connectivity index (χ3n) is 3.16. The zero-order valence-corrected chi connectivity index (χ0v) is 12.2. The van der Waals surface area contributed by atoms with E-state index in [9.17, 15) is 9.59 Å². The average molecular weight is 339 g/mol. The number of aromatic nitrogens is 5. The maximum absolute atomic E-state index is 12.6. The zero-order valence-electron chi connectivity index (χ0n) is 10.7. The fourth-order valence-corrected chi connectivity index (χ4v) is 2.71. The van der Waals surface area contributed by atoms with Gasteiger partial charge in [-0.05, 0) is 32.8 Å². The minimum absolute atomic E-state index is 0.242. The van der Waals surface area contributed by atoms with Gasteiger partial charge in [-0.25, -0.2) is 4.68 Å². The number of halogens is 1. The molecule has 0 bridgehead atoms. The molecule has 20 heavy (non-hydrogen) atoms. The molecule has 1 aliphatic rings. The van der Waals surface area contributed by atoms with Crippen LogP contribution < -0.4 is 10.5 Å². The Balaban J connectivity index is 2.03. The summed E-state index contributed by atoms with van der Waals surface area (Å²) in [6, 6.07) is 1.31. The second-order valence-electron chi connectivity index (χ2n) is 4.50. The second kappa shape index (κ2) is 4.82. The van der Waals surface area contributed by atoms with Gasteiger partial charge in [-0.15, -0.1) is 0 Å². The molecule has 0 saturated carbocycles. The van der Waals surface area contributed by atoms with Crippen LogP contribution in [0.15, 0.2) is 21.5 Å². The van der Waals surface area contributed by atoms with Gasteiger partial charge < -0.3 is 4.57 Å². The molecule has 2 aromatic rings. The predicted octanol–water partition coefficient (Wildman–Crippen LogP) is 0.185. The second-order valence-corrected chi connectivity index (χ2v) is 5.35. The van der Waals surface area contributed by atoms with Crippen molar-refractivity contribution in [2.24, 2.45) is 7.05 Å². The molecule has 0 aliphatic carbocycles. The summed E-state index contributed by atoms with van der Waals surface area (Å²) in [5.41, 5.74) is 0.0673. The van der Waals surface area contributed by atoms with E-state index in [0.29, 0.717) is 29.1 Å². The molecular formula is C11H11BrN6O2. The number of hydrogen-bond donors (Lipinski definition) is 0. The molecule has 9 heteroatoms. The van der Waals surface area contributed by atoms with Crippen molar-refractivity contribution in [2.75, 3.05) is 11.4 Å². The Kier molecular flexibility index (Phi) is 3.13. The van der Waals surface area contributed by atoms with Crippen LogP contribution in [0.3, 0.4) is 0 Å². The summed E-state index contributed by atoms with van der Waals surface area (Å²) in [4.78, 5) is 25.8. The van der Waals surface area contributed by atoms with Crippen LogP contribution in [0.4, 0.5) is 5.95 Å². The number of carbonyl (C=O) groups excluding carboxylic acids is 1. The van der Waals surface area contributed by atoms with E-state index in [4.69, 9.17) is 0 Å². The topological polar surface area (TPSA) is 85.9 Å². The van der Waals surface area contributed by atoms with Crippen molar-refractivity contribution in [1.82, 2.24) is 24.8 Å². The number of aryl methyl sites for hydroxylation is 2. The first-order valence-corrected chi connectivity index (χ1v) is 6.81. The molecule has 8 nitrogen and oxygen atoms in total. The standard InChI is InChI=1S/C11H11BrN6O2/c1-16-6-8(12)7(5-9(16)19)10(20)17-3-2-4-18-11(17)13-14-15-18/h5-6H,2-4H2,1H3. The van der Waals surface area contributed by atoms with Crippen LogP contribution in [0.25, 0.3) is 0 Å². The van der Waals surface area contributed by atoms with Crippen LogP contribution in [0.2, 0.25) is 0 Å². The summed E-state index contributed by atoms with van der Waals surface area (Å²) in [5, 5.41) is 11.3. The predicted molar refractivity (Wildman–Crippen MR) is 73.5 cm³/mol. The Morgan fingerprint density at radius 2 is 2.20 bits per heavy atom. The Hall–Kier alpha value is -2.03. The van der Waals surface area contributed by atoms with Gasteiger partial charge in [-0.1, -0.05) is 5.10 Å². The number of tetrazole rings is 1. The zero-order chi connectivity index (χ0) is 14.3. The molecule has 0 N–H and O–H groups in total. The van der Waals surface area contributed by atoms with Gasteiger partial charge in [0.15, 0.2) is 0 Å². The molecule has 2 aromatic heterocycles. The van der Waals surface area contributed by atoms with Crippen LogP contribution in [0, 0.1) is 0 Å². The lowest BCUT2D eigenvalue weighted by Crippen LogP contribution is -2.39. The molecular weight excluding hydrogens is 328 g/mol. The summed E-state index contributed by atoms with van der Waals surface area (Å²) in [7, 11) is 1.63. The van der Waals surface area contributed by atoms with Crippen LogP contribution in [-0.2, 0) is 13.6 Å². The first kappa shape index (κ1) is 13.0. The number of rotatable bonds is 1. The Bertz CT molecular complexity index is 737. The summed E-state index contributed by atoms with van der Waals surface area (Å²) < 4.78 is 3.55. The van der Waals surface area contributed by atoms with Crippen molar-refractivity contribution in [2.45, 2.75) is 13.0 Å². The van der Waals surface area contributed by atoms with Gasteiger partial charge in [-0.3, -0.25) is 14.5 Å². The number of anilines is 1. The van der Waals surface area contributed by atoms with E-state index in [1.54, 1.807) is 17.9 Å². The Morgan fingerprint density at radius 1 is 1.40 bits per heavy atom. The summed E-state index contributed by atoms with van der Waals surface area (Å²) in [6.45, 7) is 1.21. The molecule has 0 spiro atoms. The molecule has 3 heterocycles. The monoisotopic (exact) mass is 338 g/mol. The first-order chi connectivity index (χ1) is 9.58. The van der Waals surface area contributed by atoms with Crippen molar-refractivity contribution < 1.29 is 4.79 Å². The van der Waals surface area contributed by atoms with Gasteiger partial charge in [0.05, 0.1) is 5.56 Å². The molecule has 0 atom stereocenters. The molecule has 0 radical (unpaired) electrons. The molecule has 104 valence electrons. The molecule has 0 saturated heterocycles. The number of nitrogens with zero attached hydrogens (tertiary/aromatic N) is 6. The van der Waals surface area contributed by atoms with Crippen molar-refractivity contribution in [1.29, 1.82) is 0 Å². The van der Waals surface area contributed by atoms with Crippen molar-refractivity contribution in [3.05, 3.63) is 32.7 Å². The number of fused-ring (bicyclic) bond motifs is 1. The van der Waals surface area contributed by atoms with E-state index in [-0.39, 0.29) is 11.5 Å². The van der Waals surface area contributed by atoms with Gasteiger partial charge >= 0.3 is 0 Å². The summed E-state index contributed by atoms with van der Waals surface area (Å²) in [5.74, 6) is 0.124. The maximum atomic E-state index is 12.6. The van der Waals surface area contributed by atoms with E-state index in [1.807, 2.05) is 0 Å². The Labute approximate surface area is 122 Å². The molecule has 1 aliphatic heterocycles. The number of hydrogen-bond acceptors (Lipinski definition) is 5. The molecule has 0 unspecified atom stereocenters. The fraction of sp³-hybridized carbons (Fsp3) is 0.364. The average Bonchev–Trinajstić information content (AvgIpc) is 2.90. The summed E-state index contributed by atoms with van der Waals surface area (Å²) in [6.07, 6.45) is 2.34. The van der Waals surface area contributed by atoms with Gasteiger partial charge in [0, 0.05) is 36.9 Å². The lowest BCUT2D eigenvalue weighted by molar-refractivity contribution is 0.0979. The van der Waals surface area contributed by atoms with Gasteiger partial charge in [0.25, 0.3) is 17.4 Å². The van der Waals surface area contributed by atoms with E-state index in [2.05, 4.69) is 31.5 Å². The van der Waals surface area contributed by atoms with E-state index in [0.717, 1.165) is 6.42 Å². The van der Waals surface area contributed by atoms with Crippen LogP contribution >= 0.6 is 15.9 Å². The van der Waals surface area contributed by atoms with Crippen LogP contribution in [0.1, 0.15) is 16.8 Å². The quantitative estimate of drug-likeness (QED) is 0.740. The molecule has 0 fully saturated rings. The van der Waals surface area contributed by atoms with Crippen molar-refractivity contribution >= 4 is 27.8 Å². The lowest BCUT2D eigenvalue weighted by atomic mass is 10.2. The lowest BCUT2D eigenvalue weighted by Gasteiger charge is -2.25. The van der Waals surface area contributed by atoms with Gasteiger partial charge in [-0.2, -0.15) is 0 Å². The van der Waals surface area contributed by atoms with E-state index in [1.165, 1.54) is 15.5 Å². The number of pyridine rings is 1.